The monoisotopic (exact) mass is 345 g/mol. The fourth-order valence-corrected chi connectivity index (χ4v) is 2.30. The molecule has 1 heterocycles. The van der Waals surface area contributed by atoms with E-state index >= 15 is 0 Å². The van der Waals surface area contributed by atoms with E-state index in [0.717, 1.165) is 28.1 Å². The molecule has 5 nitrogen and oxygen atoms in total. The summed E-state index contributed by atoms with van der Waals surface area (Å²) in [6.07, 6.45) is 0. The Kier molecular flexibility index (Phi) is 4.76. The molecule has 0 amide bonds. The molecule has 0 unspecified atom stereocenters. The SMILES string of the molecule is CCNc1nc(C)nc(Nc2ccc(Br)cc2C#N)c1C. The average molecular weight is 346 g/mol. The van der Waals surface area contributed by atoms with Gasteiger partial charge >= 0.3 is 0 Å². The summed E-state index contributed by atoms with van der Waals surface area (Å²) >= 11 is 3.37. The van der Waals surface area contributed by atoms with Crippen LogP contribution in [0.4, 0.5) is 17.3 Å². The van der Waals surface area contributed by atoms with Crippen LogP contribution in [-0.2, 0) is 0 Å². The van der Waals surface area contributed by atoms with Crippen molar-refractivity contribution in [2.24, 2.45) is 0 Å². The number of hydrogen-bond donors (Lipinski definition) is 2. The summed E-state index contributed by atoms with van der Waals surface area (Å²) < 4.78 is 0.869. The van der Waals surface area contributed by atoms with Crippen molar-refractivity contribution in [1.29, 1.82) is 5.26 Å². The number of benzene rings is 1. The second-order valence-electron chi connectivity index (χ2n) is 4.55. The van der Waals surface area contributed by atoms with Gasteiger partial charge in [0.25, 0.3) is 0 Å². The summed E-state index contributed by atoms with van der Waals surface area (Å²) in [6, 6.07) is 7.69. The molecule has 108 valence electrons. The summed E-state index contributed by atoms with van der Waals surface area (Å²) in [4.78, 5) is 8.81. The summed E-state index contributed by atoms with van der Waals surface area (Å²) in [5.41, 5.74) is 2.21. The van der Waals surface area contributed by atoms with Crippen molar-refractivity contribution in [1.82, 2.24) is 9.97 Å². The number of nitrogens with zero attached hydrogens (tertiary/aromatic N) is 3. The highest BCUT2D eigenvalue weighted by molar-refractivity contribution is 9.10. The minimum atomic E-state index is 0.560. The number of nitrogens with one attached hydrogen (secondary N) is 2. The van der Waals surface area contributed by atoms with Gasteiger partial charge in [-0.25, -0.2) is 9.97 Å². The zero-order chi connectivity index (χ0) is 15.4. The zero-order valence-electron chi connectivity index (χ0n) is 12.2. The van der Waals surface area contributed by atoms with E-state index < -0.39 is 0 Å². The van der Waals surface area contributed by atoms with E-state index in [2.05, 4.69) is 42.6 Å². The van der Waals surface area contributed by atoms with Gasteiger partial charge in [0, 0.05) is 16.6 Å². The summed E-state index contributed by atoms with van der Waals surface area (Å²) in [7, 11) is 0. The molecule has 2 N–H and O–H groups in total. The summed E-state index contributed by atoms with van der Waals surface area (Å²) in [5.74, 6) is 2.19. The minimum Gasteiger partial charge on any atom is -0.370 e. The Morgan fingerprint density at radius 2 is 1.95 bits per heavy atom. The van der Waals surface area contributed by atoms with Crippen molar-refractivity contribution < 1.29 is 0 Å². The Morgan fingerprint density at radius 1 is 1.24 bits per heavy atom. The average Bonchev–Trinajstić information content (AvgIpc) is 2.45. The second-order valence-corrected chi connectivity index (χ2v) is 5.47. The molecule has 0 aliphatic rings. The van der Waals surface area contributed by atoms with Crippen LogP contribution in [0, 0.1) is 25.2 Å². The van der Waals surface area contributed by atoms with Crippen molar-refractivity contribution in [2.45, 2.75) is 20.8 Å². The molecule has 0 aliphatic heterocycles. The molecule has 21 heavy (non-hydrogen) atoms. The maximum atomic E-state index is 9.23. The third kappa shape index (κ3) is 3.50. The van der Waals surface area contributed by atoms with Gasteiger partial charge in [0.2, 0.25) is 0 Å². The van der Waals surface area contributed by atoms with Crippen molar-refractivity contribution in [3.63, 3.8) is 0 Å². The Balaban J connectivity index is 2.42. The van der Waals surface area contributed by atoms with Crippen LogP contribution in [0.5, 0.6) is 0 Å². The van der Waals surface area contributed by atoms with Crippen LogP contribution >= 0.6 is 15.9 Å². The lowest BCUT2D eigenvalue weighted by atomic mass is 10.2. The van der Waals surface area contributed by atoms with Crippen molar-refractivity contribution in [2.75, 3.05) is 17.2 Å². The van der Waals surface area contributed by atoms with Gasteiger partial charge in [-0.2, -0.15) is 5.26 Å². The standard InChI is InChI=1S/C15H16BrN5/c1-4-18-14-9(2)15(20-10(3)19-14)21-13-6-5-12(16)7-11(13)8-17/h5-7H,4H2,1-3H3,(H2,18,19,20,21). The first-order chi connectivity index (χ1) is 10.0. The second kappa shape index (κ2) is 6.55. The molecule has 1 aromatic carbocycles. The van der Waals surface area contributed by atoms with Crippen LogP contribution in [-0.4, -0.2) is 16.5 Å². The predicted molar refractivity (Wildman–Crippen MR) is 87.8 cm³/mol. The van der Waals surface area contributed by atoms with Crippen LogP contribution < -0.4 is 10.6 Å². The van der Waals surface area contributed by atoms with Gasteiger partial charge < -0.3 is 10.6 Å². The van der Waals surface area contributed by atoms with Crippen LogP contribution in [0.15, 0.2) is 22.7 Å². The molecule has 6 heteroatoms. The maximum Gasteiger partial charge on any atom is 0.139 e. The van der Waals surface area contributed by atoms with Crippen molar-refractivity contribution in [3.05, 3.63) is 39.6 Å². The van der Waals surface area contributed by atoms with Gasteiger partial charge in [0.05, 0.1) is 11.3 Å². The highest BCUT2D eigenvalue weighted by Gasteiger charge is 2.11. The third-order valence-corrected chi connectivity index (χ3v) is 3.45. The van der Waals surface area contributed by atoms with Crippen LogP contribution in [0.2, 0.25) is 0 Å². The first-order valence-electron chi connectivity index (χ1n) is 6.61. The number of anilines is 3. The number of aryl methyl sites for hydroxylation is 1. The largest absolute Gasteiger partial charge is 0.370 e. The quantitative estimate of drug-likeness (QED) is 0.878. The molecule has 1 aromatic heterocycles. The predicted octanol–water partition coefficient (Wildman–Crippen LogP) is 3.90. The van der Waals surface area contributed by atoms with E-state index in [1.807, 2.05) is 32.9 Å². The summed E-state index contributed by atoms with van der Waals surface area (Å²) in [6.45, 7) is 6.61. The number of nitriles is 1. The van der Waals surface area contributed by atoms with Gasteiger partial charge in [0.15, 0.2) is 0 Å². The highest BCUT2D eigenvalue weighted by Crippen LogP contribution is 2.27. The minimum absolute atomic E-state index is 0.560. The number of rotatable bonds is 4. The smallest absolute Gasteiger partial charge is 0.139 e. The van der Waals surface area contributed by atoms with Crippen LogP contribution in [0.3, 0.4) is 0 Å². The molecule has 2 aromatic rings. The molecule has 0 spiro atoms. The van der Waals surface area contributed by atoms with Gasteiger partial charge in [-0.3, -0.25) is 0 Å². The third-order valence-electron chi connectivity index (χ3n) is 2.96. The molecule has 0 radical (unpaired) electrons. The molecular formula is C15H16BrN5. The van der Waals surface area contributed by atoms with Gasteiger partial charge in [-0.15, -0.1) is 0 Å². The first-order valence-corrected chi connectivity index (χ1v) is 7.40. The van der Waals surface area contributed by atoms with E-state index in [4.69, 9.17) is 0 Å². The molecule has 0 aliphatic carbocycles. The van der Waals surface area contributed by atoms with Crippen LogP contribution in [0.1, 0.15) is 23.9 Å². The Labute approximate surface area is 132 Å². The Morgan fingerprint density at radius 3 is 2.62 bits per heavy atom. The lowest BCUT2D eigenvalue weighted by Crippen LogP contribution is -2.08. The molecule has 0 fully saturated rings. The number of halogens is 1. The van der Waals surface area contributed by atoms with E-state index in [1.54, 1.807) is 6.07 Å². The Hall–Kier alpha value is -2.13. The van der Waals surface area contributed by atoms with Gasteiger partial charge in [-0.05, 0) is 39.0 Å². The Bertz CT molecular complexity index is 706. The van der Waals surface area contributed by atoms with E-state index in [0.29, 0.717) is 17.2 Å². The molecule has 0 bridgehead atoms. The molecule has 0 saturated heterocycles. The summed E-state index contributed by atoms with van der Waals surface area (Å²) in [5, 5.41) is 15.7. The topological polar surface area (TPSA) is 73.6 Å². The first kappa shape index (κ1) is 15.3. The molecular weight excluding hydrogens is 330 g/mol. The maximum absolute atomic E-state index is 9.23. The van der Waals surface area contributed by atoms with Gasteiger partial charge in [0.1, 0.15) is 23.5 Å². The molecule has 2 rings (SSSR count). The van der Waals surface area contributed by atoms with E-state index in [-0.39, 0.29) is 0 Å². The lowest BCUT2D eigenvalue weighted by molar-refractivity contribution is 1.02. The molecule has 0 atom stereocenters. The lowest BCUT2D eigenvalue weighted by Gasteiger charge is -2.14. The fraction of sp³-hybridized carbons (Fsp3) is 0.267. The fourth-order valence-electron chi connectivity index (χ4n) is 1.94. The highest BCUT2D eigenvalue weighted by atomic mass is 79.9. The van der Waals surface area contributed by atoms with Crippen molar-refractivity contribution in [3.8, 4) is 6.07 Å². The number of hydrogen-bond acceptors (Lipinski definition) is 5. The van der Waals surface area contributed by atoms with Crippen molar-refractivity contribution >= 4 is 33.3 Å². The molecule has 0 saturated carbocycles. The normalized spacial score (nSPS) is 10.0. The van der Waals surface area contributed by atoms with Crippen LogP contribution in [0.25, 0.3) is 0 Å². The van der Waals surface area contributed by atoms with Gasteiger partial charge in [-0.1, -0.05) is 15.9 Å². The van der Waals surface area contributed by atoms with E-state index in [9.17, 15) is 5.26 Å². The number of aromatic nitrogens is 2. The van der Waals surface area contributed by atoms with E-state index in [1.165, 1.54) is 0 Å². The zero-order valence-corrected chi connectivity index (χ0v) is 13.7.